The van der Waals surface area contributed by atoms with Gasteiger partial charge in [0.1, 0.15) is 0 Å². The molecule has 0 saturated carbocycles. The lowest BCUT2D eigenvalue weighted by molar-refractivity contribution is 0.0587. The lowest BCUT2D eigenvalue weighted by Crippen LogP contribution is -2.19. The van der Waals surface area contributed by atoms with Crippen LogP contribution in [-0.4, -0.2) is 43.1 Å². The zero-order valence-electron chi connectivity index (χ0n) is 13.9. The van der Waals surface area contributed by atoms with Crippen LogP contribution in [0.15, 0.2) is 42.5 Å². The largest absolute Gasteiger partial charge is 0.478 e. The molecule has 8 nitrogen and oxygen atoms in total. The van der Waals surface area contributed by atoms with Crippen molar-refractivity contribution in [2.45, 2.75) is 0 Å². The Hall–Kier alpha value is -3.68. The molecule has 8 heteroatoms. The van der Waals surface area contributed by atoms with Crippen molar-refractivity contribution in [1.29, 1.82) is 0 Å². The smallest absolute Gasteiger partial charge is 0.339 e. The molecule has 1 amide bonds. The van der Waals surface area contributed by atoms with Gasteiger partial charge in [-0.05, 0) is 30.3 Å². The van der Waals surface area contributed by atoms with E-state index in [1.807, 2.05) is 0 Å². The number of carboxylic acid groups (broad SMARTS) is 1. The van der Waals surface area contributed by atoms with Crippen molar-refractivity contribution in [3.63, 3.8) is 0 Å². The second-order valence-electron chi connectivity index (χ2n) is 5.05. The summed E-state index contributed by atoms with van der Waals surface area (Å²) in [6.45, 7) is 0. The Balaban J connectivity index is 2.47. The van der Waals surface area contributed by atoms with Crippen LogP contribution in [0.25, 0.3) is 0 Å². The molecule has 2 N–H and O–H groups in total. The van der Waals surface area contributed by atoms with Gasteiger partial charge in [-0.2, -0.15) is 0 Å². The topological polar surface area (TPSA) is 119 Å². The van der Waals surface area contributed by atoms with Crippen LogP contribution in [0.2, 0.25) is 0 Å². The first-order chi connectivity index (χ1) is 12.4. The van der Waals surface area contributed by atoms with Crippen molar-refractivity contribution in [1.82, 2.24) is 0 Å². The fourth-order valence-corrected chi connectivity index (χ4v) is 2.24. The summed E-state index contributed by atoms with van der Waals surface area (Å²) in [5.41, 5.74) is -0.207. The van der Waals surface area contributed by atoms with Crippen LogP contribution in [0.1, 0.15) is 41.4 Å². The van der Waals surface area contributed by atoms with Crippen molar-refractivity contribution in [3.8, 4) is 0 Å². The van der Waals surface area contributed by atoms with Crippen molar-refractivity contribution < 1.29 is 33.8 Å². The highest BCUT2D eigenvalue weighted by molar-refractivity contribution is 6.13. The number of nitrogens with one attached hydrogen (secondary N) is 1. The minimum absolute atomic E-state index is 0.00121. The summed E-state index contributed by atoms with van der Waals surface area (Å²) in [7, 11) is 2.36. The molecule has 0 aromatic heterocycles. The van der Waals surface area contributed by atoms with Crippen LogP contribution in [-0.2, 0) is 9.47 Å². The van der Waals surface area contributed by atoms with Gasteiger partial charge < -0.3 is 19.9 Å². The predicted molar refractivity (Wildman–Crippen MR) is 90.5 cm³/mol. The molecule has 0 saturated heterocycles. The highest BCUT2D eigenvalue weighted by atomic mass is 16.5. The Morgan fingerprint density at radius 1 is 0.846 bits per heavy atom. The molecule has 0 aliphatic heterocycles. The monoisotopic (exact) mass is 357 g/mol. The Kier molecular flexibility index (Phi) is 5.69. The van der Waals surface area contributed by atoms with Crippen molar-refractivity contribution in [2.75, 3.05) is 19.5 Å². The summed E-state index contributed by atoms with van der Waals surface area (Å²) in [5, 5.41) is 11.6. The summed E-state index contributed by atoms with van der Waals surface area (Å²) in [6, 6.07) is 9.50. The summed E-state index contributed by atoms with van der Waals surface area (Å²) < 4.78 is 9.26. The molecule has 0 fully saturated rings. The zero-order chi connectivity index (χ0) is 19.3. The molecule has 26 heavy (non-hydrogen) atoms. The average Bonchev–Trinajstić information content (AvgIpc) is 2.66. The van der Waals surface area contributed by atoms with E-state index in [9.17, 15) is 24.3 Å². The third kappa shape index (κ3) is 3.86. The first-order valence-corrected chi connectivity index (χ1v) is 7.33. The lowest BCUT2D eigenvalue weighted by Gasteiger charge is -2.12. The Labute approximate surface area is 148 Å². The highest BCUT2D eigenvalue weighted by Crippen LogP contribution is 2.21. The first kappa shape index (κ1) is 18.7. The molecular formula is C18H15NO7. The van der Waals surface area contributed by atoms with Crippen LogP contribution in [0.5, 0.6) is 0 Å². The second kappa shape index (κ2) is 7.93. The maximum absolute atomic E-state index is 12.5. The normalized spacial score (nSPS) is 9.92. The molecule has 0 bridgehead atoms. The molecule has 0 aliphatic rings. The number of carboxylic acids is 1. The third-order valence-corrected chi connectivity index (χ3v) is 3.50. The molecule has 0 aliphatic carbocycles. The van der Waals surface area contributed by atoms with Gasteiger partial charge in [0.25, 0.3) is 5.91 Å². The van der Waals surface area contributed by atoms with Crippen molar-refractivity contribution >= 4 is 29.5 Å². The maximum atomic E-state index is 12.5. The van der Waals surface area contributed by atoms with E-state index in [-0.39, 0.29) is 27.9 Å². The minimum atomic E-state index is -1.27. The number of rotatable bonds is 5. The number of hydrogen-bond donors (Lipinski definition) is 2. The highest BCUT2D eigenvalue weighted by Gasteiger charge is 2.20. The van der Waals surface area contributed by atoms with Crippen LogP contribution in [0, 0.1) is 0 Å². The summed E-state index contributed by atoms with van der Waals surface area (Å²) in [6.07, 6.45) is 0. The molecule has 0 atom stereocenters. The van der Waals surface area contributed by atoms with E-state index in [2.05, 4.69) is 14.8 Å². The molecular weight excluding hydrogens is 342 g/mol. The van der Waals surface area contributed by atoms with E-state index in [0.717, 1.165) is 0 Å². The number of amides is 1. The Bertz CT molecular complexity index is 889. The number of benzene rings is 2. The number of ether oxygens (including phenoxy) is 2. The van der Waals surface area contributed by atoms with Gasteiger partial charge in [0.2, 0.25) is 0 Å². The fourth-order valence-electron chi connectivity index (χ4n) is 2.24. The van der Waals surface area contributed by atoms with E-state index < -0.39 is 23.8 Å². The van der Waals surface area contributed by atoms with Gasteiger partial charge in [0.05, 0.1) is 42.2 Å². The number of aromatic carboxylic acids is 1. The molecule has 0 heterocycles. The van der Waals surface area contributed by atoms with E-state index in [4.69, 9.17) is 0 Å². The number of methoxy groups -OCH3 is 2. The van der Waals surface area contributed by atoms with E-state index >= 15 is 0 Å². The maximum Gasteiger partial charge on any atom is 0.339 e. The summed E-state index contributed by atoms with van der Waals surface area (Å²) in [4.78, 5) is 47.4. The van der Waals surface area contributed by atoms with E-state index in [0.29, 0.717) is 0 Å². The number of anilines is 1. The quantitative estimate of drug-likeness (QED) is 0.787. The lowest BCUT2D eigenvalue weighted by atomic mass is 10.1. The van der Waals surface area contributed by atoms with Gasteiger partial charge in [-0.25, -0.2) is 14.4 Å². The van der Waals surface area contributed by atoms with Crippen LogP contribution >= 0.6 is 0 Å². The minimum Gasteiger partial charge on any atom is -0.478 e. The molecule has 2 aromatic carbocycles. The molecule has 0 radical (unpaired) electrons. The average molecular weight is 357 g/mol. The van der Waals surface area contributed by atoms with Crippen LogP contribution in [0.3, 0.4) is 0 Å². The Morgan fingerprint density at radius 3 is 2.04 bits per heavy atom. The number of carbonyl (C=O) groups is 4. The van der Waals surface area contributed by atoms with Gasteiger partial charge >= 0.3 is 17.9 Å². The molecule has 2 aromatic rings. The predicted octanol–water partition coefficient (Wildman–Crippen LogP) is 2.21. The molecule has 134 valence electrons. The van der Waals surface area contributed by atoms with Gasteiger partial charge in [-0.15, -0.1) is 0 Å². The first-order valence-electron chi connectivity index (χ1n) is 7.33. The van der Waals surface area contributed by atoms with E-state index in [1.54, 1.807) is 0 Å². The van der Waals surface area contributed by atoms with Gasteiger partial charge in [-0.1, -0.05) is 12.1 Å². The molecule has 0 spiro atoms. The third-order valence-electron chi connectivity index (χ3n) is 3.50. The van der Waals surface area contributed by atoms with Crippen LogP contribution in [0.4, 0.5) is 5.69 Å². The number of esters is 2. The van der Waals surface area contributed by atoms with Crippen molar-refractivity contribution in [2.24, 2.45) is 0 Å². The number of hydrogen-bond acceptors (Lipinski definition) is 6. The van der Waals surface area contributed by atoms with Crippen LogP contribution < -0.4 is 5.32 Å². The fraction of sp³-hybridized carbons (Fsp3) is 0.111. The molecule has 2 rings (SSSR count). The SMILES string of the molecule is COC(=O)c1ccc(C(=O)OC)c(NC(=O)c2ccccc2C(=O)O)c1. The summed E-state index contributed by atoms with van der Waals surface area (Å²) >= 11 is 0. The standard InChI is InChI=1S/C18H15NO7/c1-25-17(23)10-7-8-13(18(24)26-2)14(9-10)19-15(20)11-5-3-4-6-12(11)16(21)22/h3-9H,1-2H3,(H,19,20)(H,21,22). The van der Waals surface area contributed by atoms with E-state index in [1.165, 1.54) is 56.7 Å². The zero-order valence-corrected chi connectivity index (χ0v) is 13.9. The van der Waals surface area contributed by atoms with Gasteiger partial charge in [0.15, 0.2) is 0 Å². The number of carbonyl (C=O) groups excluding carboxylic acids is 3. The molecule has 0 unspecified atom stereocenters. The van der Waals surface area contributed by atoms with Crippen molar-refractivity contribution in [3.05, 3.63) is 64.7 Å². The van der Waals surface area contributed by atoms with Gasteiger partial charge in [-0.3, -0.25) is 4.79 Å². The Morgan fingerprint density at radius 2 is 1.46 bits per heavy atom. The summed E-state index contributed by atoms with van der Waals surface area (Å²) in [5.74, 6) is -3.42. The second-order valence-corrected chi connectivity index (χ2v) is 5.05. The van der Waals surface area contributed by atoms with Gasteiger partial charge in [0, 0.05) is 0 Å².